The van der Waals surface area contributed by atoms with Gasteiger partial charge in [0.05, 0.1) is 0 Å². The van der Waals surface area contributed by atoms with Gasteiger partial charge in [-0.1, -0.05) is 0 Å². The molecule has 0 rings (SSSR count). The maximum Gasteiger partial charge on any atom is 0 e. The number of hydrogen-bond donors (Lipinski definition) is 0. The second kappa shape index (κ2) is 16.1. The van der Waals surface area contributed by atoms with Crippen molar-refractivity contribution in [2.24, 2.45) is 0 Å². The summed E-state index contributed by atoms with van der Waals surface area (Å²) in [6.45, 7) is 0. The summed E-state index contributed by atoms with van der Waals surface area (Å²) in [5.41, 5.74) is 0. The van der Waals surface area contributed by atoms with Crippen molar-refractivity contribution in [1.82, 2.24) is 0 Å². The topological polar surface area (TPSA) is 0 Å². The second-order valence-corrected chi connectivity index (χ2v) is 0. The Kier molecular flexibility index (Phi) is 105. The van der Waals surface area contributed by atoms with Gasteiger partial charge in [0.25, 0.3) is 0 Å². The summed E-state index contributed by atoms with van der Waals surface area (Å²) in [5, 5.41) is 0. The maximum atomic E-state index is 0. The van der Waals surface area contributed by atoms with Crippen LogP contribution in [0.5, 0.6) is 0 Å². The van der Waals surface area contributed by atoms with E-state index < -0.39 is 0 Å². The molecule has 0 aliphatic heterocycles. The zero-order chi connectivity index (χ0) is 0. The van der Waals surface area contributed by atoms with Gasteiger partial charge in [-0.2, -0.15) is 0 Å². The van der Waals surface area contributed by atoms with E-state index in [9.17, 15) is 0 Å². The summed E-state index contributed by atoms with van der Waals surface area (Å²) in [6.07, 6.45) is 0. The van der Waals surface area contributed by atoms with Gasteiger partial charge in [-0.25, -0.2) is 0 Å². The first kappa shape index (κ1) is 26.1. The van der Waals surface area contributed by atoms with E-state index in [1.165, 1.54) is 0 Å². The maximum absolute atomic E-state index is 0. The molecule has 0 nitrogen and oxygen atoms in total. The van der Waals surface area contributed by atoms with Crippen LogP contribution < -0.4 is 0 Å². The molecule has 0 N–H and O–H groups in total. The van der Waals surface area contributed by atoms with Crippen LogP contribution >= 0.6 is 0 Å². The minimum Gasteiger partial charge on any atom is 0 e. The van der Waals surface area contributed by atoms with Crippen LogP contribution in [-0.2, 0) is 38.1 Å². The Bertz CT molecular complexity index is 8.00. The van der Waals surface area contributed by atoms with Gasteiger partial charge >= 0.3 is 26.2 Å². The fourth-order valence-corrected chi connectivity index (χ4v) is 0. The standard InChI is InChI=1S/Bi.Fe.Sm.W.3H. The van der Waals surface area contributed by atoms with E-state index in [-0.39, 0.29) is 105 Å². The molecule has 0 aliphatic rings. The van der Waals surface area contributed by atoms with E-state index in [1.54, 1.807) is 0 Å². The van der Waals surface area contributed by atoms with E-state index >= 15 is 0 Å². The zero-order valence-corrected chi connectivity index (χ0v) is 14.0. The quantitative estimate of drug-likeness (QED) is 0.307. The molecule has 0 radical (unpaired) electrons. The summed E-state index contributed by atoms with van der Waals surface area (Å²) in [7, 11) is 0. The molecule has 0 aromatic rings. The summed E-state index contributed by atoms with van der Waals surface area (Å²) >= 11 is 0. The van der Waals surface area contributed by atoms with Crippen LogP contribution in [0.1, 0.15) is 0 Å². The normalized spacial score (nSPS) is 0. The van der Waals surface area contributed by atoms with Gasteiger partial charge in [-0.15, -0.1) is 0 Å². The third-order valence-electron chi connectivity index (χ3n) is 0. The fourth-order valence-electron chi connectivity index (χ4n) is 0. The second-order valence-electron chi connectivity index (χ2n) is 0. The molecule has 0 bridgehead atoms. The van der Waals surface area contributed by atoms with Gasteiger partial charge in [0.2, 0.25) is 0 Å². The van der Waals surface area contributed by atoms with Crippen molar-refractivity contribution in [3.8, 4) is 0 Å². The van der Waals surface area contributed by atoms with Crippen LogP contribution in [0.3, 0.4) is 0 Å². The van der Waals surface area contributed by atoms with Crippen LogP contribution in [0.4, 0.5) is 0 Å². The molecule has 0 aliphatic carbocycles. The summed E-state index contributed by atoms with van der Waals surface area (Å²) in [6, 6.07) is 0. The molecule has 0 aromatic carbocycles. The van der Waals surface area contributed by atoms with Crippen LogP contribution in [0.2, 0.25) is 0 Å². The molecule has 0 saturated heterocycles. The molecule has 0 spiro atoms. The van der Waals surface area contributed by atoms with Crippen LogP contribution in [0, 0.1) is 40.4 Å². The van der Waals surface area contributed by atoms with Crippen molar-refractivity contribution in [2.75, 3.05) is 0 Å². The van der Waals surface area contributed by atoms with Crippen molar-refractivity contribution in [3.63, 3.8) is 0 Å². The Morgan fingerprint density at radius 1 is 1.00 bits per heavy atom. The Morgan fingerprint density at radius 2 is 1.00 bits per heavy atom. The van der Waals surface area contributed by atoms with Crippen LogP contribution in [0.15, 0.2) is 0 Å². The Hall–Kier alpha value is 3.43. The summed E-state index contributed by atoms with van der Waals surface area (Å²) < 4.78 is 0. The molecule has 4 heavy (non-hydrogen) atoms. The smallest absolute Gasteiger partial charge is 0 e. The first-order chi connectivity index (χ1) is 0. The molecule has 0 amide bonds. The summed E-state index contributed by atoms with van der Waals surface area (Å²) in [5.74, 6) is 0. The molecule has 0 unspecified atom stereocenters. The molecule has 4 heteroatoms. The number of rotatable bonds is 0. The number of hydrogen-bond acceptors (Lipinski definition) is 0. The molecule has 0 fully saturated rings. The fraction of sp³-hybridized carbons (Fsp3) is 0. The first-order valence-electron chi connectivity index (χ1n) is 0. The molecule has 0 aromatic heterocycles. The van der Waals surface area contributed by atoms with Gasteiger partial charge in [-0.3, -0.25) is 0 Å². The first-order valence-corrected chi connectivity index (χ1v) is 0. The van der Waals surface area contributed by atoms with E-state index in [2.05, 4.69) is 0 Å². The van der Waals surface area contributed by atoms with Gasteiger partial charge < -0.3 is 0 Å². The Balaban J connectivity index is 0. The van der Waals surface area contributed by atoms with Crippen molar-refractivity contribution < 1.29 is 78.5 Å². The minimum absolute atomic E-state index is 0. The molecule has 0 saturated carbocycles. The minimum atomic E-state index is 0. The Morgan fingerprint density at radius 3 is 1.00 bits per heavy atom. The van der Waals surface area contributed by atoms with Crippen LogP contribution in [-0.4, -0.2) is 26.2 Å². The predicted octanol–water partition coefficient (Wildman–Crippen LogP) is -1.19. The third-order valence-corrected chi connectivity index (χ3v) is 0. The zero-order valence-electron chi connectivity index (χ0n) is 1.88. The molecular formula is H3BiFeSmW. The van der Waals surface area contributed by atoms with Crippen molar-refractivity contribution in [3.05, 3.63) is 0 Å². The molecular weight excluding hydrogens is 599 g/mol. The van der Waals surface area contributed by atoms with E-state index in [0.29, 0.717) is 0 Å². The average molecular weight is 602 g/mol. The monoisotopic (exact) mass is 604 g/mol. The molecule has 28 valence electrons. The van der Waals surface area contributed by atoms with Gasteiger partial charge in [0.15, 0.2) is 0 Å². The summed E-state index contributed by atoms with van der Waals surface area (Å²) in [4.78, 5) is 0. The largest absolute Gasteiger partial charge is 0 e. The Labute approximate surface area is 102 Å². The molecule has 0 atom stereocenters. The van der Waals surface area contributed by atoms with Crippen molar-refractivity contribution in [2.45, 2.75) is 0 Å². The average Bonchev–Trinajstić information content (AvgIpc) is 0. The molecule has 0 heterocycles. The van der Waals surface area contributed by atoms with Gasteiger partial charge in [0, 0.05) is 78.5 Å². The van der Waals surface area contributed by atoms with E-state index in [1.807, 2.05) is 0 Å². The van der Waals surface area contributed by atoms with E-state index in [0.717, 1.165) is 0 Å². The SMILES string of the molecule is [BiH3].[Fe].[Sm].[W]. The third kappa shape index (κ3) is 9.06. The van der Waals surface area contributed by atoms with Crippen LogP contribution in [0.25, 0.3) is 0 Å². The van der Waals surface area contributed by atoms with Gasteiger partial charge in [0.1, 0.15) is 0 Å². The predicted molar refractivity (Wildman–Crippen MR) is 9.94 cm³/mol. The van der Waals surface area contributed by atoms with Crippen molar-refractivity contribution >= 4 is 26.2 Å². The van der Waals surface area contributed by atoms with Crippen molar-refractivity contribution in [1.29, 1.82) is 0 Å². The van der Waals surface area contributed by atoms with E-state index in [4.69, 9.17) is 0 Å². The van der Waals surface area contributed by atoms with Gasteiger partial charge in [-0.05, 0) is 0 Å².